The van der Waals surface area contributed by atoms with Crippen LogP contribution < -0.4 is 10.6 Å². The minimum atomic E-state index is 0.0124. The van der Waals surface area contributed by atoms with Gasteiger partial charge in [0.15, 0.2) is 0 Å². The monoisotopic (exact) mass is 274 g/mol. The Morgan fingerprint density at radius 2 is 2.25 bits per heavy atom. The summed E-state index contributed by atoms with van der Waals surface area (Å²) >= 11 is 0. The summed E-state index contributed by atoms with van der Waals surface area (Å²) in [7, 11) is 0. The van der Waals surface area contributed by atoms with E-state index >= 15 is 0 Å². The molecule has 0 saturated heterocycles. The normalized spacial score (nSPS) is 11.2. The Morgan fingerprint density at radius 1 is 1.45 bits per heavy atom. The second-order valence-corrected chi connectivity index (χ2v) is 5.15. The summed E-state index contributed by atoms with van der Waals surface area (Å²) in [5, 5.41) is 7.32. The van der Waals surface area contributed by atoms with Crippen LogP contribution in [0.1, 0.15) is 26.3 Å². The molecule has 0 spiro atoms. The van der Waals surface area contributed by atoms with E-state index in [1.807, 2.05) is 29.8 Å². The molecule has 20 heavy (non-hydrogen) atoms. The maximum atomic E-state index is 11.8. The van der Waals surface area contributed by atoms with Crippen LogP contribution in [-0.4, -0.2) is 28.0 Å². The highest BCUT2D eigenvalue weighted by Gasteiger charge is 2.11. The third kappa shape index (κ3) is 3.36. The van der Waals surface area contributed by atoms with Gasteiger partial charge in [-0.05, 0) is 24.6 Å². The summed E-state index contributed by atoms with van der Waals surface area (Å²) in [5.74, 6) is 0.0124. The molecule has 0 atom stereocenters. The zero-order valence-electron chi connectivity index (χ0n) is 12.3. The van der Waals surface area contributed by atoms with E-state index in [1.54, 1.807) is 6.20 Å². The highest BCUT2D eigenvalue weighted by Crippen LogP contribution is 2.19. The second kappa shape index (κ2) is 6.52. The van der Waals surface area contributed by atoms with Crippen LogP contribution in [0.4, 0.5) is 0 Å². The van der Waals surface area contributed by atoms with E-state index < -0.39 is 0 Å². The number of hydrogen-bond acceptors (Lipinski definition) is 3. The van der Waals surface area contributed by atoms with Gasteiger partial charge in [-0.1, -0.05) is 13.8 Å². The minimum absolute atomic E-state index is 0.0124. The molecule has 2 N–H and O–H groups in total. The molecule has 2 aromatic heterocycles. The molecule has 0 saturated carbocycles. The van der Waals surface area contributed by atoms with Gasteiger partial charge in [0.05, 0.1) is 0 Å². The summed E-state index contributed by atoms with van der Waals surface area (Å²) in [6, 6.07) is 4.40. The number of likely N-dealkylation sites (N-methyl/N-ethyl adjacent to an activating group) is 1. The molecule has 5 nitrogen and oxygen atoms in total. The number of nitrogens with zero attached hydrogens (tertiary/aromatic N) is 2. The molecular formula is C15H22N4O. The van der Waals surface area contributed by atoms with E-state index in [-0.39, 0.29) is 5.91 Å². The van der Waals surface area contributed by atoms with Crippen molar-refractivity contribution in [1.29, 1.82) is 0 Å². The van der Waals surface area contributed by atoms with Crippen LogP contribution in [0.5, 0.6) is 0 Å². The lowest BCUT2D eigenvalue weighted by molar-refractivity contribution is -0.121. The number of aromatic nitrogens is 2. The lowest BCUT2D eigenvalue weighted by Gasteiger charge is -2.06. The van der Waals surface area contributed by atoms with E-state index in [0.717, 1.165) is 17.6 Å². The van der Waals surface area contributed by atoms with E-state index in [1.165, 1.54) is 5.56 Å². The third-order valence-electron chi connectivity index (χ3n) is 3.11. The lowest BCUT2D eigenvalue weighted by Crippen LogP contribution is -2.27. The van der Waals surface area contributed by atoms with E-state index in [0.29, 0.717) is 19.1 Å². The van der Waals surface area contributed by atoms with E-state index in [9.17, 15) is 4.79 Å². The molecule has 0 unspecified atom stereocenters. The number of amides is 1. The molecule has 0 radical (unpaired) electrons. The van der Waals surface area contributed by atoms with Gasteiger partial charge in [-0.2, -0.15) is 0 Å². The summed E-state index contributed by atoms with van der Waals surface area (Å²) in [4.78, 5) is 16.2. The number of fused-ring (bicyclic) bond motifs is 1. The average molecular weight is 274 g/mol. The standard InChI is InChI=1S/C15H22N4O/c1-4-16-14(20)10-19-9-12(8-18-11(2)3)13-6-5-7-17-15(13)19/h5-7,9,11,18H,4,8,10H2,1-3H3,(H,16,20). The molecule has 0 fully saturated rings. The van der Waals surface area contributed by atoms with Crippen LogP contribution in [0.2, 0.25) is 0 Å². The van der Waals surface area contributed by atoms with Gasteiger partial charge in [-0.25, -0.2) is 4.98 Å². The first-order valence-electron chi connectivity index (χ1n) is 7.04. The van der Waals surface area contributed by atoms with Crippen LogP contribution in [0.15, 0.2) is 24.5 Å². The molecule has 0 aliphatic carbocycles. The van der Waals surface area contributed by atoms with Crippen LogP contribution in [0, 0.1) is 0 Å². The molecule has 1 amide bonds. The predicted molar refractivity (Wildman–Crippen MR) is 80.4 cm³/mol. The molecule has 0 bridgehead atoms. The maximum absolute atomic E-state index is 11.8. The maximum Gasteiger partial charge on any atom is 0.239 e. The van der Waals surface area contributed by atoms with Gasteiger partial charge in [0, 0.05) is 36.9 Å². The molecule has 5 heteroatoms. The molecule has 2 heterocycles. The van der Waals surface area contributed by atoms with Crippen LogP contribution in [0.25, 0.3) is 11.0 Å². The van der Waals surface area contributed by atoms with Crippen molar-refractivity contribution in [2.24, 2.45) is 0 Å². The summed E-state index contributed by atoms with van der Waals surface area (Å²) in [6.45, 7) is 7.89. The first-order chi connectivity index (χ1) is 9.61. The molecule has 0 aliphatic rings. The van der Waals surface area contributed by atoms with Gasteiger partial charge in [0.1, 0.15) is 12.2 Å². The van der Waals surface area contributed by atoms with Crippen molar-refractivity contribution >= 4 is 16.9 Å². The summed E-state index contributed by atoms with van der Waals surface area (Å²) in [5.41, 5.74) is 2.03. The minimum Gasteiger partial charge on any atom is -0.355 e. The lowest BCUT2D eigenvalue weighted by atomic mass is 10.2. The number of rotatable bonds is 6. The van der Waals surface area contributed by atoms with E-state index in [2.05, 4.69) is 29.5 Å². The summed E-state index contributed by atoms with van der Waals surface area (Å²) < 4.78 is 1.91. The van der Waals surface area contributed by atoms with Gasteiger partial charge in [-0.3, -0.25) is 4.79 Å². The molecular weight excluding hydrogens is 252 g/mol. The zero-order valence-corrected chi connectivity index (χ0v) is 12.3. The van der Waals surface area contributed by atoms with Gasteiger partial charge < -0.3 is 15.2 Å². The number of nitrogens with one attached hydrogen (secondary N) is 2. The van der Waals surface area contributed by atoms with Crippen molar-refractivity contribution in [2.75, 3.05) is 6.54 Å². The Kier molecular flexibility index (Phi) is 4.74. The highest BCUT2D eigenvalue weighted by atomic mass is 16.1. The molecule has 2 rings (SSSR count). The Bertz CT molecular complexity index is 589. The fourth-order valence-electron chi connectivity index (χ4n) is 2.18. The van der Waals surface area contributed by atoms with Crippen molar-refractivity contribution in [1.82, 2.24) is 20.2 Å². The smallest absolute Gasteiger partial charge is 0.239 e. The molecule has 0 aromatic carbocycles. The topological polar surface area (TPSA) is 59.0 Å². The van der Waals surface area contributed by atoms with Gasteiger partial charge in [-0.15, -0.1) is 0 Å². The van der Waals surface area contributed by atoms with Gasteiger partial charge >= 0.3 is 0 Å². The molecule has 108 valence electrons. The van der Waals surface area contributed by atoms with Crippen molar-refractivity contribution < 1.29 is 4.79 Å². The van der Waals surface area contributed by atoms with Gasteiger partial charge in [0.25, 0.3) is 0 Å². The first kappa shape index (κ1) is 14.5. The van der Waals surface area contributed by atoms with Crippen LogP contribution in [-0.2, 0) is 17.9 Å². The number of carbonyl (C=O) groups excluding carboxylic acids is 1. The Balaban J connectivity index is 2.28. The Labute approximate surface area is 119 Å². The number of carbonyl (C=O) groups is 1. The van der Waals surface area contributed by atoms with Gasteiger partial charge in [0.2, 0.25) is 5.91 Å². The zero-order chi connectivity index (χ0) is 14.5. The van der Waals surface area contributed by atoms with Crippen molar-refractivity contribution in [3.05, 3.63) is 30.1 Å². The fraction of sp³-hybridized carbons (Fsp3) is 0.467. The third-order valence-corrected chi connectivity index (χ3v) is 3.11. The second-order valence-electron chi connectivity index (χ2n) is 5.15. The van der Waals surface area contributed by atoms with Crippen LogP contribution in [0.3, 0.4) is 0 Å². The van der Waals surface area contributed by atoms with Crippen LogP contribution >= 0.6 is 0 Å². The van der Waals surface area contributed by atoms with E-state index in [4.69, 9.17) is 0 Å². The molecule has 0 aliphatic heterocycles. The average Bonchev–Trinajstić information content (AvgIpc) is 2.75. The number of hydrogen-bond donors (Lipinski definition) is 2. The highest BCUT2D eigenvalue weighted by molar-refractivity contribution is 5.83. The van der Waals surface area contributed by atoms with Crippen molar-refractivity contribution in [3.63, 3.8) is 0 Å². The van der Waals surface area contributed by atoms with Crippen molar-refractivity contribution in [3.8, 4) is 0 Å². The fourth-order valence-corrected chi connectivity index (χ4v) is 2.18. The largest absolute Gasteiger partial charge is 0.355 e. The number of pyridine rings is 1. The summed E-state index contributed by atoms with van der Waals surface area (Å²) in [6.07, 6.45) is 3.78. The SMILES string of the molecule is CCNC(=O)Cn1cc(CNC(C)C)c2cccnc21. The quantitative estimate of drug-likeness (QED) is 0.842. The molecule has 2 aromatic rings. The Morgan fingerprint density at radius 3 is 2.95 bits per heavy atom. The Hall–Kier alpha value is -1.88. The van der Waals surface area contributed by atoms with Crippen molar-refractivity contribution in [2.45, 2.75) is 39.9 Å². The predicted octanol–water partition coefficient (Wildman–Crippen LogP) is 1.67. The first-order valence-corrected chi connectivity index (χ1v) is 7.04.